The molecule has 0 amide bonds. The van der Waals surface area contributed by atoms with Crippen molar-refractivity contribution in [2.75, 3.05) is 12.8 Å². The van der Waals surface area contributed by atoms with Crippen molar-refractivity contribution in [3.8, 4) is 0 Å². The first-order chi connectivity index (χ1) is 9.32. The second-order valence-electron chi connectivity index (χ2n) is 5.47. The van der Waals surface area contributed by atoms with Gasteiger partial charge in [0.1, 0.15) is 10.7 Å². The van der Waals surface area contributed by atoms with E-state index < -0.39 is 10.0 Å². The van der Waals surface area contributed by atoms with Crippen LogP contribution in [0, 0.1) is 5.92 Å². The number of nitrogen functional groups attached to an aromatic ring is 1. The molecule has 0 aromatic carbocycles. The number of anilines is 1. The number of hydrogen-bond donors (Lipinski definition) is 1. The zero-order chi connectivity index (χ0) is 14.9. The molecule has 0 unspecified atom stereocenters. The Kier molecular flexibility index (Phi) is 4.56. The van der Waals surface area contributed by atoms with E-state index in [2.05, 4.69) is 11.9 Å². The SMILES string of the molecule is CC1CCC(N(C)S(=O)(=O)c2cnc(N)c(Cl)c2)CC1. The molecule has 0 atom stereocenters. The third kappa shape index (κ3) is 3.07. The molecule has 112 valence electrons. The Morgan fingerprint density at radius 3 is 2.50 bits per heavy atom. The molecule has 5 nitrogen and oxygen atoms in total. The molecule has 1 aliphatic rings. The van der Waals surface area contributed by atoms with Crippen LogP contribution in [0.1, 0.15) is 32.6 Å². The zero-order valence-electron chi connectivity index (χ0n) is 11.7. The van der Waals surface area contributed by atoms with E-state index >= 15 is 0 Å². The fraction of sp³-hybridized carbons (Fsp3) is 0.615. The lowest BCUT2D eigenvalue weighted by molar-refractivity contribution is 0.246. The van der Waals surface area contributed by atoms with Crippen molar-refractivity contribution in [1.82, 2.24) is 9.29 Å². The highest BCUT2D eigenvalue weighted by molar-refractivity contribution is 7.89. The van der Waals surface area contributed by atoms with Crippen molar-refractivity contribution >= 4 is 27.4 Å². The second kappa shape index (κ2) is 5.87. The van der Waals surface area contributed by atoms with Crippen LogP contribution in [-0.4, -0.2) is 30.8 Å². The molecule has 0 saturated heterocycles. The van der Waals surface area contributed by atoms with Gasteiger partial charge in [-0.15, -0.1) is 0 Å². The normalized spacial score (nSPS) is 24.0. The molecule has 1 fully saturated rings. The van der Waals surface area contributed by atoms with Gasteiger partial charge >= 0.3 is 0 Å². The monoisotopic (exact) mass is 317 g/mol. The minimum atomic E-state index is -3.56. The Labute approximate surface area is 125 Å². The van der Waals surface area contributed by atoms with E-state index in [4.69, 9.17) is 17.3 Å². The number of aromatic nitrogens is 1. The topological polar surface area (TPSA) is 76.3 Å². The average molecular weight is 318 g/mol. The molecule has 2 rings (SSSR count). The van der Waals surface area contributed by atoms with Crippen LogP contribution in [0.4, 0.5) is 5.82 Å². The van der Waals surface area contributed by atoms with Gasteiger partial charge in [-0.1, -0.05) is 18.5 Å². The van der Waals surface area contributed by atoms with Gasteiger partial charge in [-0.05, 0) is 37.7 Å². The molecule has 1 aromatic rings. The minimum absolute atomic E-state index is 0.0486. The standard InChI is InChI=1S/C13H20ClN3O2S/c1-9-3-5-10(6-4-9)17(2)20(18,19)11-7-12(14)13(15)16-8-11/h7-10H,3-6H2,1-2H3,(H2,15,16). The molecule has 1 saturated carbocycles. The van der Waals surface area contributed by atoms with Crippen molar-refractivity contribution < 1.29 is 8.42 Å². The van der Waals surface area contributed by atoms with Crippen molar-refractivity contribution in [2.45, 2.75) is 43.5 Å². The molecular formula is C13H20ClN3O2S. The molecule has 0 aliphatic heterocycles. The van der Waals surface area contributed by atoms with Crippen LogP contribution in [0.5, 0.6) is 0 Å². The molecule has 7 heteroatoms. The number of pyridine rings is 1. The van der Waals surface area contributed by atoms with Crippen LogP contribution in [0.3, 0.4) is 0 Å². The van der Waals surface area contributed by atoms with Gasteiger partial charge in [0.05, 0.1) is 5.02 Å². The van der Waals surface area contributed by atoms with Gasteiger partial charge in [-0.25, -0.2) is 13.4 Å². The van der Waals surface area contributed by atoms with E-state index in [0.29, 0.717) is 5.92 Å². The summed E-state index contributed by atoms with van der Waals surface area (Å²) in [6.07, 6.45) is 5.18. The van der Waals surface area contributed by atoms with E-state index in [1.807, 2.05) is 0 Å². The summed E-state index contributed by atoms with van der Waals surface area (Å²) in [4.78, 5) is 3.92. The Balaban J connectivity index is 2.23. The second-order valence-corrected chi connectivity index (χ2v) is 7.88. The third-order valence-electron chi connectivity index (χ3n) is 4.02. The average Bonchev–Trinajstić information content (AvgIpc) is 2.41. The van der Waals surface area contributed by atoms with E-state index in [9.17, 15) is 8.42 Å². The van der Waals surface area contributed by atoms with Crippen LogP contribution in [0.2, 0.25) is 5.02 Å². The summed E-state index contributed by atoms with van der Waals surface area (Å²) in [5.41, 5.74) is 5.51. The van der Waals surface area contributed by atoms with Gasteiger partial charge in [0.25, 0.3) is 0 Å². The van der Waals surface area contributed by atoms with Gasteiger partial charge in [0, 0.05) is 19.3 Å². The molecule has 1 aromatic heterocycles. The molecule has 1 heterocycles. The maximum Gasteiger partial charge on any atom is 0.244 e. The number of rotatable bonds is 3. The van der Waals surface area contributed by atoms with E-state index in [-0.39, 0.29) is 21.8 Å². The molecule has 1 aliphatic carbocycles. The predicted molar refractivity (Wildman–Crippen MR) is 80.0 cm³/mol. The van der Waals surface area contributed by atoms with Gasteiger partial charge in [-0.3, -0.25) is 0 Å². The van der Waals surface area contributed by atoms with Crippen LogP contribution >= 0.6 is 11.6 Å². The summed E-state index contributed by atoms with van der Waals surface area (Å²) in [7, 11) is -1.94. The summed E-state index contributed by atoms with van der Waals surface area (Å²) >= 11 is 5.86. The number of hydrogen-bond acceptors (Lipinski definition) is 4. The Morgan fingerprint density at radius 1 is 1.35 bits per heavy atom. The maximum absolute atomic E-state index is 12.6. The zero-order valence-corrected chi connectivity index (χ0v) is 13.3. The quantitative estimate of drug-likeness (QED) is 0.929. The molecule has 2 N–H and O–H groups in total. The van der Waals surface area contributed by atoms with Crippen LogP contribution in [-0.2, 0) is 10.0 Å². The first-order valence-corrected chi connectivity index (χ1v) is 8.53. The van der Waals surface area contributed by atoms with Crippen molar-refractivity contribution in [1.29, 1.82) is 0 Å². The lowest BCUT2D eigenvalue weighted by atomic mass is 9.87. The van der Waals surface area contributed by atoms with Crippen molar-refractivity contribution in [2.24, 2.45) is 5.92 Å². The fourth-order valence-corrected chi connectivity index (χ4v) is 4.16. The first-order valence-electron chi connectivity index (χ1n) is 6.71. The maximum atomic E-state index is 12.6. The van der Waals surface area contributed by atoms with E-state index in [1.165, 1.54) is 16.6 Å². The minimum Gasteiger partial charge on any atom is -0.382 e. The fourth-order valence-electron chi connectivity index (χ4n) is 2.54. The largest absolute Gasteiger partial charge is 0.382 e. The lowest BCUT2D eigenvalue weighted by Crippen LogP contribution is -2.39. The molecule has 0 bridgehead atoms. The van der Waals surface area contributed by atoms with Crippen molar-refractivity contribution in [3.05, 3.63) is 17.3 Å². The van der Waals surface area contributed by atoms with E-state index in [1.54, 1.807) is 7.05 Å². The summed E-state index contributed by atoms with van der Waals surface area (Å²) in [5, 5.41) is 0.164. The highest BCUT2D eigenvalue weighted by Gasteiger charge is 2.31. The number of halogens is 1. The van der Waals surface area contributed by atoms with Gasteiger partial charge < -0.3 is 5.73 Å². The van der Waals surface area contributed by atoms with Crippen LogP contribution in [0.25, 0.3) is 0 Å². The van der Waals surface area contributed by atoms with Crippen LogP contribution in [0.15, 0.2) is 17.2 Å². The predicted octanol–water partition coefficient (Wildman–Crippen LogP) is 2.52. The summed E-state index contributed by atoms with van der Waals surface area (Å²) in [5.74, 6) is 0.815. The Hall–Kier alpha value is -0.850. The number of nitrogens with two attached hydrogens (primary N) is 1. The molecule has 20 heavy (non-hydrogen) atoms. The molecule has 0 radical (unpaired) electrons. The summed E-state index contributed by atoms with van der Waals surface area (Å²) in [6.45, 7) is 2.20. The third-order valence-corrected chi connectivity index (χ3v) is 6.20. The number of sulfonamides is 1. The van der Waals surface area contributed by atoms with E-state index in [0.717, 1.165) is 25.7 Å². The van der Waals surface area contributed by atoms with Gasteiger partial charge in [-0.2, -0.15) is 4.31 Å². The van der Waals surface area contributed by atoms with Crippen LogP contribution < -0.4 is 5.73 Å². The Morgan fingerprint density at radius 2 is 1.95 bits per heavy atom. The molecule has 0 spiro atoms. The lowest BCUT2D eigenvalue weighted by Gasteiger charge is -2.32. The van der Waals surface area contributed by atoms with Gasteiger partial charge in [0.15, 0.2) is 0 Å². The Bertz CT molecular complexity index is 583. The highest BCUT2D eigenvalue weighted by atomic mass is 35.5. The number of nitrogens with zero attached hydrogens (tertiary/aromatic N) is 2. The summed E-state index contributed by atoms with van der Waals surface area (Å²) < 4.78 is 26.6. The van der Waals surface area contributed by atoms with Gasteiger partial charge in [0.2, 0.25) is 10.0 Å². The van der Waals surface area contributed by atoms with Crippen molar-refractivity contribution in [3.63, 3.8) is 0 Å². The smallest absolute Gasteiger partial charge is 0.244 e. The summed E-state index contributed by atoms with van der Waals surface area (Å²) in [6, 6.07) is 1.41. The molecular weight excluding hydrogens is 298 g/mol. The highest BCUT2D eigenvalue weighted by Crippen LogP contribution is 2.30. The first kappa shape index (κ1) is 15.5.